The summed E-state index contributed by atoms with van der Waals surface area (Å²) >= 11 is 0. The summed E-state index contributed by atoms with van der Waals surface area (Å²) in [5, 5.41) is 0. The maximum absolute atomic E-state index is 12.5. The van der Waals surface area contributed by atoms with Crippen LogP contribution in [0.3, 0.4) is 0 Å². The molecule has 1 aliphatic heterocycles. The summed E-state index contributed by atoms with van der Waals surface area (Å²) in [5.41, 5.74) is 3.16. The van der Waals surface area contributed by atoms with Gasteiger partial charge in [0.1, 0.15) is 0 Å². The highest BCUT2D eigenvalue weighted by Crippen LogP contribution is 2.26. The van der Waals surface area contributed by atoms with Gasteiger partial charge in [-0.2, -0.15) is 13.2 Å². The number of benzene rings is 1. The molecule has 1 heterocycles. The Morgan fingerprint density at radius 2 is 2.00 bits per heavy atom. The van der Waals surface area contributed by atoms with Crippen LogP contribution in [-0.4, -0.2) is 23.5 Å². The number of nitrogens with zero attached hydrogens (tertiary/aromatic N) is 1. The van der Waals surface area contributed by atoms with Crippen LogP contribution in [0, 0.1) is 0 Å². The Morgan fingerprint density at radius 1 is 1.27 bits per heavy atom. The quantitative estimate of drug-likeness (QED) is 0.538. The molecule has 1 aliphatic rings. The Bertz CT molecular complexity index is 772. The Kier molecular flexibility index (Phi) is 6.24. The fraction of sp³-hybridized carbons (Fsp3) is 0.286. The van der Waals surface area contributed by atoms with Crippen LogP contribution in [0.5, 0.6) is 0 Å². The van der Waals surface area contributed by atoms with E-state index in [1.54, 1.807) is 17.9 Å². The van der Waals surface area contributed by atoms with Gasteiger partial charge in [0.2, 0.25) is 5.91 Å². The third kappa shape index (κ3) is 4.97. The van der Waals surface area contributed by atoms with Crippen LogP contribution in [0.25, 0.3) is 0 Å². The molecule has 0 bridgehead atoms. The van der Waals surface area contributed by atoms with E-state index < -0.39 is 11.7 Å². The minimum absolute atomic E-state index is 0.0937. The Balaban J connectivity index is 2.13. The molecule has 0 aliphatic carbocycles. The van der Waals surface area contributed by atoms with Gasteiger partial charge >= 0.3 is 6.18 Å². The molecule has 0 saturated carbocycles. The fourth-order valence-corrected chi connectivity index (χ4v) is 2.83. The van der Waals surface area contributed by atoms with Crippen LogP contribution in [0.4, 0.5) is 13.2 Å². The normalized spacial score (nSPS) is 15.1. The van der Waals surface area contributed by atoms with Crippen LogP contribution in [0.15, 0.2) is 66.8 Å². The monoisotopic (exact) mass is 361 g/mol. The van der Waals surface area contributed by atoms with Gasteiger partial charge in [-0.3, -0.25) is 4.79 Å². The Labute approximate surface area is 152 Å². The average Bonchev–Trinajstić information content (AvgIpc) is 2.62. The maximum Gasteiger partial charge on any atom is 0.415 e. The van der Waals surface area contributed by atoms with Crippen molar-refractivity contribution < 1.29 is 18.0 Å². The lowest BCUT2D eigenvalue weighted by molar-refractivity contribution is -0.126. The van der Waals surface area contributed by atoms with Crippen molar-refractivity contribution in [3.05, 3.63) is 83.5 Å². The summed E-state index contributed by atoms with van der Waals surface area (Å²) < 4.78 is 37.6. The molecule has 26 heavy (non-hydrogen) atoms. The van der Waals surface area contributed by atoms with Gasteiger partial charge in [0.05, 0.1) is 0 Å². The van der Waals surface area contributed by atoms with Gasteiger partial charge in [-0.25, -0.2) is 0 Å². The first-order valence-electron chi connectivity index (χ1n) is 8.36. The molecule has 0 fully saturated rings. The van der Waals surface area contributed by atoms with E-state index >= 15 is 0 Å². The van der Waals surface area contributed by atoms with Crippen LogP contribution in [0.1, 0.15) is 23.6 Å². The highest BCUT2D eigenvalue weighted by Gasteiger charge is 2.29. The minimum Gasteiger partial charge on any atom is -0.335 e. The van der Waals surface area contributed by atoms with E-state index in [1.165, 1.54) is 17.7 Å². The van der Waals surface area contributed by atoms with Crippen molar-refractivity contribution in [2.24, 2.45) is 0 Å². The van der Waals surface area contributed by atoms with Gasteiger partial charge in [-0.05, 0) is 48.1 Å². The standard InChI is InChI=1S/C21H22F3NO/c1-4-16(7-6-15(3)21(22,23)24)12-17-8-9-18-10-11-25(20(26)5-2)14-19(18)13-17/h4-9,13H,2-3,10-12,14H2,1H3/b7-6-,16-4+. The number of fused-ring (bicyclic) bond motifs is 1. The lowest BCUT2D eigenvalue weighted by Crippen LogP contribution is -2.34. The molecular weight excluding hydrogens is 339 g/mol. The van der Waals surface area contributed by atoms with E-state index in [1.807, 2.05) is 18.2 Å². The van der Waals surface area contributed by atoms with Crippen molar-refractivity contribution in [2.45, 2.75) is 32.5 Å². The van der Waals surface area contributed by atoms with Crippen molar-refractivity contribution in [3.63, 3.8) is 0 Å². The number of hydrogen-bond donors (Lipinski definition) is 0. The van der Waals surface area contributed by atoms with E-state index in [0.717, 1.165) is 29.2 Å². The molecule has 1 amide bonds. The zero-order chi connectivity index (χ0) is 19.3. The summed E-state index contributed by atoms with van der Waals surface area (Å²) in [7, 11) is 0. The number of alkyl halides is 3. The SMILES string of the molecule is C=CC(=O)N1CCc2ccc(CC(/C=C\C(=C)C(F)(F)F)=C/C)cc2C1. The first-order valence-corrected chi connectivity index (χ1v) is 8.36. The summed E-state index contributed by atoms with van der Waals surface area (Å²) in [4.78, 5) is 13.5. The number of rotatable bonds is 5. The Morgan fingerprint density at radius 3 is 2.62 bits per heavy atom. The number of hydrogen-bond acceptors (Lipinski definition) is 1. The van der Waals surface area contributed by atoms with Crippen molar-refractivity contribution >= 4 is 5.91 Å². The second-order valence-corrected chi connectivity index (χ2v) is 6.21. The number of carbonyl (C=O) groups excluding carboxylic acids is 1. The van der Waals surface area contributed by atoms with Gasteiger partial charge in [-0.15, -0.1) is 0 Å². The highest BCUT2D eigenvalue weighted by atomic mass is 19.4. The first kappa shape index (κ1) is 19.8. The van der Waals surface area contributed by atoms with E-state index in [0.29, 0.717) is 19.5 Å². The maximum atomic E-state index is 12.5. The molecule has 1 aromatic carbocycles. The molecule has 0 radical (unpaired) electrons. The van der Waals surface area contributed by atoms with Crippen LogP contribution in [0.2, 0.25) is 0 Å². The van der Waals surface area contributed by atoms with E-state index in [4.69, 9.17) is 0 Å². The topological polar surface area (TPSA) is 20.3 Å². The highest BCUT2D eigenvalue weighted by molar-refractivity contribution is 5.87. The second kappa shape index (κ2) is 8.21. The molecule has 0 spiro atoms. The van der Waals surface area contributed by atoms with Gasteiger partial charge in [0, 0.05) is 18.7 Å². The molecule has 0 saturated heterocycles. The van der Waals surface area contributed by atoms with Crippen molar-refractivity contribution in [3.8, 4) is 0 Å². The molecule has 2 rings (SSSR count). The smallest absolute Gasteiger partial charge is 0.335 e. The van der Waals surface area contributed by atoms with E-state index in [9.17, 15) is 18.0 Å². The van der Waals surface area contributed by atoms with E-state index in [2.05, 4.69) is 13.2 Å². The molecule has 1 aromatic rings. The largest absolute Gasteiger partial charge is 0.415 e. The molecule has 5 heteroatoms. The molecule has 0 atom stereocenters. The third-order valence-electron chi connectivity index (χ3n) is 4.41. The lowest BCUT2D eigenvalue weighted by atomic mass is 9.94. The molecule has 2 nitrogen and oxygen atoms in total. The van der Waals surface area contributed by atoms with Gasteiger partial charge in [-0.1, -0.05) is 49.6 Å². The third-order valence-corrected chi connectivity index (χ3v) is 4.41. The zero-order valence-electron chi connectivity index (χ0n) is 14.8. The predicted octanol–water partition coefficient (Wildman–Crippen LogP) is 4.92. The van der Waals surface area contributed by atoms with Gasteiger partial charge in [0.25, 0.3) is 0 Å². The first-order chi connectivity index (χ1) is 12.2. The summed E-state index contributed by atoms with van der Waals surface area (Å²) in [5.74, 6) is -0.0937. The number of carbonyl (C=O) groups is 1. The average molecular weight is 361 g/mol. The lowest BCUT2D eigenvalue weighted by Gasteiger charge is -2.28. The Hall–Kier alpha value is -2.56. The molecule has 0 N–H and O–H groups in total. The number of halogens is 3. The van der Waals surface area contributed by atoms with Gasteiger partial charge < -0.3 is 4.90 Å². The molecular formula is C21H22F3NO. The van der Waals surface area contributed by atoms with Crippen LogP contribution < -0.4 is 0 Å². The summed E-state index contributed by atoms with van der Waals surface area (Å²) in [6.07, 6.45) is 2.43. The van der Waals surface area contributed by atoms with Crippen molar-refractivity contribution in [1.82, 2.24) is 4.90 Å². The van der Waals surface area contributed by atoms with Crippen LogP contribution >= 0.6 is 0 Å². The summed E-state index contributed by atoms with van der Waals surface area (Å²) in [6.45, 7) is 9.55. The minimum atomic E-state index is -4.41. The predicted molar refractivity (Wildman–Crippen MR) is 97.6 cm³/mol. The molecule has 0 unspecified atom stereocenters. The second-order valence-electron chi connectivity index (χ2n) is 6.21. The number of amides is 1. The summed E-state index contributed by atoms with van der Waals surface area (Å²) in [6, 6.07) is 6.04. The fourth-order valence-electron chi connectivity index (χ4n) is 2.83. The van der Waals surface area contributed by atoms with Gasteiger partial charge in [0.15, 0.2) is 0 Å². The molecule has 0 aromatic heterocycles. The molecule has 138 valence electrons. The van der Waals surface area contributed by atoms with Crippen molar-refractivity contribution in [1.29, 1.82) is 0 Å². The van der Waals surface area contributed by atoms with E-state index in [-0.39, 0.29) is 5.91 Å². The van der Waals surface area contributed by atoms with Crippen molar-refractivity contribution in [2.75, 3.05) is 6.54 Å². The van der Waals surface area contributed by atoms with Crippen LogP contribution in [-0.2, 0) is 24.2 Å². The number of allylic oxidation sites excluding steroid dienone is 5. The zero-order valence-corrected chi connectivity index (χ0v) is 14.8.